The van der Waals surface area contributed by atoms with Crippen LogP contribution in [0.15, 0.2) is 30.3 Å². The van der Waals surface area contributed by atoms with Crippen LogP contribution in [0.3, 0.4) is 0 Å². The van der Waals surface area contributed by atoms with Crippen LogP contribution >= 0.6 is 0 Å². The van der Waals surface area contributed by atoms with Crippen molar-refractivity contribution in [3.8, 4) is 0 Å². The monoisotopic (exact) mass is 190 g/mol. The molecule has 2 heteroatoms. The smallest absolute Gasteiger partial charge is 0.0661 e. The predicted molar refractivity (Wildman–Crippen MR) is 58.7 cm³/mol. The molecule has 0 amide bonds. The third-order valence-corrected chi connectivity index (χ3v) is 3.05. The molecule has 76 valence electrons. The molecule has 1 aromatic rings. The van der Waals surface area contributed by atoms with Crippen molar-refractivity contribution in [1.29, 1.82) is 0 Å². The summed E-state index contributed by atoms with van der Waals surface area (Å²) in [6, 6.07) is 10.5. The lowest BCUT2D eigenvalue weighted by Gasteiger charge is -2.31. The van der Waals surface area contributed by atoms with Gasteiger partial charge in [-0.1, -0.05) is 30.3 Å². The number of likely N-dealkylation sites (tertiary alicyclic amines) is 1. The molecule has 1 heterocycles. The Morgan fingerprint density at radius 1 is 1.36 bits per heavy atom. The molecule has 2 rings (SSSR count). The molecule has 2 N–H and O–H groups in total. The molecule has 0 radical (unpaired) electrons. The lowest BCUT2D eigenvalue weighted by molar-refractivity contribution is 0.154. The minimum absolute atomic E-state index is 0.101. The van der Waals surface area contributed by atoms with Crippen molar-refractivity contribution in [1.82, 2.24) is 4.90 Å². The highest BCUT2D eigenvalue weighted by Crippen LogP contribution is 2.25. The van der Waals surface area contributed by atoms with Crippen LogP contribution in [0.5, 0.6) is 0 Å². The van der Waals surface area contributed by atoms with Crippen molar-refractivity contribution in [3.05, 3.63) is 35.9 Å². The molecule has 1 saturated heterocycles. The average molecular weight is 190 g/mol. The molecular weight excluding hydrogens is 172 g/mol. The summed E-state index contributed by atoms with van der Waals surface area (Å²) < 4.78 is 0. The van der Waals surface area contributed by atoms with Gasteiger partial charge in [0, 0.05) is 13.1 Å². The summed E-state index contributed by atoms with van der Waals surface area (Å²) in [5, 5.41) is 0. The molecule has 2 nitrogen and oxygen atoms in total. The number of rotatable bonds is 2. The standard InChI is InChI=1S/C12H18N2/c1-12(13)8-5-9-14(12)10-11-6-3-2-4-7-11/h2-4,6-7H,5,8-10,13H2,1H3. The second kappa shape index (κ2) is 3.71. The molecule has 1 aromatic carbocycles. The van der Waals surface area contributed by atoms with E-state index in [2.05, 4.69) is 42.2 Å². The normalized spacial score (nSPS) is 28.1. The topological polar surface area (TPSA) is 29.3 Å². The van der Waals surface area contributed by atoms with Gasteiger partial charge in [-0.15, -0.1) is 0 Å². The number of nitrogens with two attached hydrogens (primary N) is 1. The number of nitrogens with zero attached hydrogens (tertiary/aromatic N) is 1. The minimum atomic E-state index is -0.101. The van der Waals surface area contributed by atoms with Gasteiger partial charge in [-0.25, -0.2) is 0 Å². The van der Waals surface area contributed by atoms with E-state index < -0.39 is 0 Å². The van der Waals surface area contributed by atoms with Gasteiger partial charge in [0.1, 0.15) is 0 Å². The first-order valence-electron chi connectivity index (χ1n) is 5.26. The van der Waals surface area contributed by atoms with Gasteiger partial charge in [0.15, 0.2) is 0 Å². The fourth-order valence-corrected chi connectivity index (χ4v) is 2.10. The average Bonchev–Trinajstić information content (AvgIpc) is 2.48. The van der Waals surface area contributed by atoms with E-state index in [0.717, 1.165) is 19.5 Å². The second-order valence-corrected chi connectivity index (χ2v) is 4.37. The first-order chi connectivity index (χ1) is 6.68. The van der Waals surface area contributed by atoms with Gasteiger partial charge in [-0.05, 0) is 25.3 Å². The van der Waals surface area contributed by atoms with E-state index in [4.69, 9.17) is 5.73 Å². The van der Waals surface area contributed by atoms with Crippen LogP contribution < -0.4 is 5.73 Å². The molecule has 0 bridgehead atoms. The second-order valence-electron chi connectivity index (χ2n) is 4.37. The first kappa shape index (κ1) is 9.69. The van der Waals surface area contributed by atoms with Crippen LogP contribution in [-0.4, -0.2) is 17.1 Å². The zero-order valence-corrected chi connectivity index (χ0v) is 8.74. The van der Waals surface area contributed by atoms with Gasteiger partial charge in [-0.3, -0.25) is 4.90 Å². The number of benzene rings is 1. The van der Waals surface area contributed by atoms with Crippen molar-refractivity contribution in [3.63, 3.8) is 0 Å². The maximum atomic E-state index is 6.20. The Hall–Kier alpha value is -0.860. The Morgan fingerprint density at radius 2 is 2.07 bits per heavy atom. The molecule has 1 atom stereocenters. The molecule has 14 heavy (non-hydrogen) atoms. The Balaban J connectivity index is 2.05. The van der Waals surface area contributed by atoms with Crippen LogP contribution in [0.25, 0.3) is 0 Å². The zero-order chi connectivity index (χ0) is 10.0. The summed E-state index contributed by atoms with van der Waals surface area (Å²) >= 11 is 0. The van der Waals surface area contributed by atoms with E-state index in [0.29, 0.717) is 0 Å². The molecule has 0 spiro atoms. The van der Waals surface area contributed by atoms with Crippen LogP contribution in [-0.2, 0) is 6.54 Å². The van der Waals surface area contributed by atoms with Crippen LogP contribution in [0.1, 0.15) is 25.3 Å². The summed E-state index contributed by atoms with van der Waals surface area (Å²) in [4.78, 5) is 2.36. The van der Waals surface area contributed by atoms with Gasteiger partial charge in [0.2, 0.25) is 0 Å². The molecule has 1 aliphatic rings. The highest BCUT2D eigenvalue weighted by molar-refractivity contribution is 5.15. The molecule has 0 aromatic heterocycles. The Bertz CT molecular complexity index is 292. The summed E-state index contributed by atoms with van der Waals surface area (Å²) in [5.74, 6) is 0. The fraction of sp³-hybridized carbons (Fsp3) is 0.500. The molecule has 1 aliphatic heterocycles. The number of hydrogen-bond donors (Lipinski definition) is 1. The Morgan fingerprint density at radius 3 is 2.64 bits per heavy atom. The van der Waals surface area contributed by atoms with E-state index in [9.17, 15) is 0 Å². The number of hydrogen-bond acceptors (Lipinski definition) is 2. The predicted octanol–water partition coefficient (Wildman–Crippen LogP) is 1.96. The molecule has 1 fully saturated rings. The SMILES string of the molecule is CC1(N)CCCN1Cc1ccccc1. The van der Waals surface area contributed by atoms with E-state index in [-0.39, 0.29) is 5.66 Å². The van der Waals surface area contributed by atoms with Gasteiger partial charge < -0.3 is 5.73 Å². The highest BCUT2D eigenvalue weighted by Gasteiger charge is 2.31. The van der Waals surface area contributed by atoms with Gasteiger partial charge in [0.25, 0.3) is 0 Å². The molecule has 0 saturated carbocycles. The van der Waals surface area contributed by atoms with Crippen molar-refractivity contribution < 1.29 is 0 Å². The maximum Gasteiger partial charge on any atom is 0.0661 e. The third kappa shape index (κ3) is 1.97. The van der Waals surface area contributed by atoms with E-state index in [1.165, 1.54) is 12.0 Å². The van der Waals surface area contributed by atoms with Gasteiger partial charge in [0.05, 0.1) is 5.66 Å². The summed E-state index contributed by atoms with van der Waals surface area (Å²) in [7, 11) is 0. The van der Waals surface area contributed by atoms with E-state index in [1.54, 1.807) is 0 Å². The maximum absolute atomic E-state index is 6.20. The van der Waals surface area contributed by atoms with E-state index in [1.807, 2.05) is 0 Å². The Labute approximate surface area is 85.7 Å². The van der Waals surface area contributed by atoms with Crippen LogP contribution in [0, 0.1) is 0 Å². The summed E-state index contributed by atoms with van der Waals surface area (Å²) in [6.45, 7) is 4.23. The van der Waals surface area contributed by atoms with Crippen molar-refractivity contribution >= 4 is 0 Å². The highest BCUT2D eigenvalue weighted by atomic mass is 15.3. The van der Waals surface area contributed by atoms with Crippen molar-refractivity contribution in [2.75, 3.05) is 6.54 Å². The zero-order valence-electron chi connectivity index (χ0n) is 8.74. The van der Waals surface area contributed by atoms with Crippen LogP contribution in [0.4, 0.5) is 0 Å². The van der Waals surface area contributed by atoms with Crippen LogP contribution in [0.2, 0.25) is 0 Å². The largest absolute Gasteiger partial charge is 0.313 e. The molecule has 1 unspecified atom stereocenters. The third-order valence-electron chi connectivity index (χ3n) is 3.05. The quantitative estimate of drug-likeness (QED) is 0.772. The van der Waals surface area contributed by atoms with Gasteiger partial charge >= 0.3 is 0 Å². The summed E-state index contributed by atoms with van der Waals surface area (Å²) in [5.41, 5.74) is 7.45. The molecular formula is C12H18N2. The lowest BCUT2D eigenvalue weighted by Crippen LogP contribution is -2.48. The van der Waals surface area contributed by atoms with E-state index >= 15 is 0 Å². The van der Waals surface area contributed by atoms with Crippen molar-refractivity contribution in [2.45, 2.75) is 32.0 Å². The summed E-state index contributed by atoms with van der Waals surface area (Å²) in [6.07, 6.45) is 2.33. The Kier molecular flexibility index (Phi) is 2.57. The lowest BCUT2D eigenvalue weighted by atomic mass is 10.1. The van der Waals surface area contributed by atoms with Crippen molar-refractivity contribution in [2.24, 2.45) is 5.73 Å². The first-order valence-corrected chi connectivity index (χ1v) is 5.26. The van der Waals surface area contributed by atoms with Gasteiger partial charge in [-0.2, -0.15) is 0 Å². The molecule has 0 aliphatic carbocycles. The minimum Gasteiger partial charge on any atom is -0.313 e. The fourth-order valence-electron chi connectivity index (χ4n) is 2.10.